The molecule has 0 aliphatic rings. The average Bonchev–Trinajstić information content (AvgIpc) is 2.41. The molecule has 2 nitrogen and oxygen atoms in total. The van der Waals surface area contributed by atoms with E-state index in [4.69, 9.17) is 5.26 Å². The molecular weight excluding hydrogens is 352 g/mol. The van der Waals surface area contributed by atoms with Gasteiger partial charge >= 0.3 is 6.18 Å². The van der Waals surface area contributed by atoms with Crippen molar-refractivity contribution in [1.82, 2.24) is 0 Å². The Morgan fingerprint density at radius 2 is 1.67 bits per heavy atom. The standard InChI is InChI=1S/C14H7BrF4N2/c15-12-6-10(2-4-13(12)16)21-9-1-3-11(14(17,18)19)8(5-9)7-20/h1-6,21H. The van der Waals surface area contributed by atoms with E-state index in [0.717, 1.165) is 12.1 Å². The summed E-state index contributed by atoms with van der Waals surface area (Å²) in [7, 11) is 0. The molecule has 0 saturated heterocycles. The zero-order valence-electron chi connectivity index (χ0n) is 10.3. The van der Waals surface area contributed by atoms with E-state index in [-0.39, 0.29) is 4.47 Å². The second-order valence-electron chi connectivity index (χ2n) is 4.12. The predicted octanol–water partition coefficient (Wildman–Crippen LogP) is 5.22. The summed E-state index contributed by atoms with van der Waals surface area (Å²) in [5.74, 6) is -0.453. The Morgan fingerprint density at radius 3 is 2.24 bits per heavy atom. The molecule has 0 amide bonds. The van der Waals surface area contributed by atoms with Gasteiger partial charge in [-0.3, -0.25) is 0 Å². The molecule has 0 aliphatic carbocycles. The van der Waals surface area contributed by atoms with Crippen molar-refractivity contribution in [3.63, 3.8) is 0 Å². The zero-order valence-corrected chi connectivity index (χ0v) is 11.9. The van der Waals surface area contributed by atoms with Gasteiger partial charge in [0, 0.05) is 11.4 Å². The highest BCUT2D eigenvalue weighted by Gasteiger charge is 2.33. The molecule has 2 rings (SSSR count). The fourth-order valence-electron chi connectivity index (χ4n) is 1.70. The number of rotatable bonds is 2. The van der Waals surface area contributed by atoms with Gasteiger partial charge in [-0.2, -0.15) is 18.4 Å². The van der Waals surface area contributed by atoms with Crippen molar-refractivity contribution < 1.29 is 17.6 Å². The first-order valence-electron chi connectivity index (χ1n) is 5.64. The number of nitrogens with zero attached hydrogens (tertiary/aromatic N) is 1. The van der Waals surface area contributed by atoms with Crippen LogP contribution in [-0.4, -0.2) is 0 Å². The van der Waals surface area contributed by atoms with Crippen LogP contribution in [0.25, 0.3) is 0 Å². The van der Waals surface area contributed by atoms with Crippen molar-refractivity contribution in [1.29, 1.82) is 5.26 Å². The third kappa shape index (κ3) is 3.52. The maximum atomic E-state index is 13.1. The number of anilines is 2. The molecule has 1 N–H and O–H groups in total. The summed E-state index contributed by atoms with van der Waals surface area (Å²) in [6.45, 7) is 0. The van der Waals surface area contributed by atoms with Gasteiger partial charge in [0.25, 0.3) is 0 Å². The number of hydrogen-bond donors (Lipinski definition) is 1. The summed E-state index contributed by atoms with van der Waals surface area (Å²) in [6.07, 6.45) is -4.58. The summed E-state index contributed by atoms with van der Waals surface area (Å²) in [4.78, 5) is 0. The number of hydrogen-bond acceptors (Lipinski definition) is 2. The van der Waals surface area contributed by atoms with E-state index >= 15 is 0 Å². The van der Waals surface area contributed by atoms with Gasteiger partial charge in [0.1, 0.15) is 5.82 Å². The zero-order chi connectivity index (χ0) is 15.6. The van der Waals surface area contributed by atoms with Crippen molar-refractivity contribution >= 4 is 27.3 Å². The third-order valence-electron chi connectivity index (χ3n) is 2.65. The summed E-state index contributed by atoms with van der Waals surface area (Å²) < 4.78 is 51.3. The van der Waals surface area contributed by atoms with Crippen LogP contribution in [0.2, 0.25) is 0 Å². The smallest absolute Gasteiger partial charge is 0.355 e. The minimum atomic E-state index is -4.58. The fourth-order valence-corrected chi connectivity index (χ4v) is 2.08. The van der Waals surface area contributed by atoms with Crippen LogP contribution in [0.15, 0.2) is 40.9 Å². The monoisotopic (exact) mass is 358 g/mol. The predicted molar refractivity (Wildman–Crippen MR) is 73.5 cm³/mol. The van der Waals surface area contributed by atoms with E-state index in [0.29, 0.717) is 11.4 Å². The van der Waals surface area contributed by atoms with Crippen LogP contribution in [0.5, 0.6) is 0 Å². The van der Waals surface area contributed by atoms with Crippen LogP contribution in [-0.2, 0) is 6.18 Å². The first-order valence-corrected chi connectivity index (χ1v) is 6.44. The molecule has 0 spiro atoms. The Morgan fingerprint density at radius 1 is 1.05 bits per heavy atom. The topological polar surface area (TPSA) is 35.8 Å². The van der Waals surface area contributed by atoms with Gasteiger partial charge in [-0.1, -0.05) is 0 Å². The van der Waals surface area contributed by atoms with E-state index in [1.165, 1.54) is 30.3 Å². The molecule has 0 aromatic heterocycles. The lowest BCUT2D eigenvalue weighted by atomic mass is 10.1. The Hall–Kier alpha value is -2.07. The van der Waals surface area contributed by atoms with Gasteiger partial charge in [0.05, 0.1) is 21.7 Å². The van der Waals surface area contributed by atoms with E-state index < -0.39 is 23.1 Å². The van der Waals surface area contributed by atoms with Crippen molar-refractivity contribution in [3.8, 4) is 6.07 Å². The molecular formula is C14H7BrF4N2. The van der Waals surface area contributed by atoms with Gasteiger partial charge in [-0.25, -0.2) is 4.39 Å². The lowest BCUT2D eigenvalue weighted by molar-refractivity contribution is -0.137. The van der Waals surface area contributed by atoms with E-state index in [2.05, 4.69) is 21.2 Å². The molecule has 2 aromatic carbocycles. The molecule has 7 heteroatoms. The van der Waals surface area contributed by atoms with E-state index in [1.54, 1.807) is 0 Å². The minimum absolute atomic E-state index is 0.222. The lowest BCUT2D eigenvalue weighted by Gasteiger charge is -2.12. The van der Waals surface area contributed by atoms with Gasteiger partial charge in [0.2, 0.25) is 0 Å². The molecule has 0 saturated carbocycles. The van der Waals surface area contributed by atoms with Crippen molar-refractivity contribution in [2.24, 2.45) is 0 Å². The average molecular weight is 359 g/mol. The van der Waals surface area contributed by atoms with Crippen LogP contribution in [0.1, 0.15) is 11.1 Å². The fraction of sp³-hybridized carbons (Fsp3) is 0.0714. The first-order chi connectivity index (χ1) is 9.81. The number of halogens is 5. The van der Waals surface area contributed by atoms with Gasteiger partial charge < -0.3 is 5.32 Å². The maximum Gasteiger partial charge on any atom is 0.417 e. The van der Waals surface area contributed by atoms with Crippen LogP contribution < -0.4 is 5.32 Å². The van der Waals surface area contributed by atoms with Crippen LogP contribution in [0.3, 0.4) is 0 Å². The van der Waals surface area contributed by atoms with E-state index in [1.807, 2.05) is 0 Å². The number of benzene rings is 2. The molecule has 21 heavy (non-hydrogen) atoms. The van der Waals surface area contributed by atoms with Crippen molar-refractivity contribution in [3.05, 3.63) is 57.8 Å². The largest absolute Gasteiger partial charge is 0.417 e. The summed E-state index contributed by atoms with van der Waals surface area (Å²) in [5, 5.41) is 11.6. The molecule has 0 fully saturated rings. The van der Waals surface area contributed by atoms with Crippen molar-refractivity contribution in [2.75, 3.05) is 5.32 Å². The number of nitrogens with one attached hydrogen (secondary N) is 1. The van der Waals surface area contributed by atoms with Crippen LogP contribution in [0, 0.1) is 17.1 Å². The highest BCUT2D eigenvalue weighted by atomic mass is 79.9. The van der Waals surface area contributed by atoms with Crippen molar-refractivity contribution in [2.45, 2.75) is 6.18 Å². The molecule has 108 valence electrons. The molecule has 0 unspecified atom stereocenters. The SMILES string of the molecule is N#Cc1cc(Nc2ccc(F)c(Br)c2)ccc1C(F)(F)F. The van der Waals surface area contributed by atoms with E-state index in [9.17, 15) is 17.6 Å². The van der Waals surface area contributed by atoms with Crippen LogP contribution in [0.4, 0.5) is 28.9 Å². The summed E-state index contributed by atoms with van der Waals surface area (Å²) in [5.41, 5.74) is -0.686. The Balaban J connectivity index is 2.34. The Kier molecular flexibility index (Phi) is 4.19. The van der Waals surface area contributed by atoms with Gasteiger partial charge in [-0.15, -0.1) is 0 Å². The summed E-state index contributed by atoms with van der Waals surface area (Å²) >= 11 is 3.01. The Labute approximate surface area is 126 Å². The molecule has 2 aromatic rings. The lowest BCUT2D eigenvalue weighted by Crippen LogP contribution is -2.08. The molecule has 0 radical (unpaired) electrons. The molecule has 0 bridgehead atoms. The first kappa shape index (κ1) is 15.3. The van der Waals surface area contributed by atoms with Gasteiger partial charge in [0.15, 0.2) is 0 Å². The maximum absolute atomic E-state index is 13.1. The molecule has 0 atom stereocenters. The molecule has 0 heterocycles. The number of nitriles is 1. The third-order valence-corrected chi connectivity index (χ3v) is 3.26. The second kappa shape index (κ2) is 5.74. The highest BCUT2D eigenvalue weighted by molar-refractivity contribution is 9.10. The highest BCUT2D eigenvalue weighted by Crippen LogP contribution is 2.33. The minimum Gasteiger partial charge on any atom is -0.355 e. The quantitative estimate of drug-likeness (QED) is 0.746. The van der Waals surface area contributed by atoms with Crippen LogP contribution >= 0.6 is 15.9 Å². The Bertz CT molecular complexity index is 720. The molecule has 0 aliphatic heterocycles. The number of alkyl halides is 3. The normalized spacial score (nSPS) is 11.0. The summed E-state index contributed by atoms with van der Waals surface area (Å²) in [6, 6.07) is 8.75. The second-order valence-corrected chi connectivity index (χ2v) is 4.98. The van der Waals surface area contributed by atoms with Gasteiger partial charge in [-0.05, 0) is 52.3 Å².